The van der Waals surface area contributed by atoms with E-state index in [-0.39, 0.29) is 16.1 Å². The van der Waals surface area contributed by atoms with Crippen molar-refractivity contribution in [3.05, 3.63) is 69.8 Å². The molecule has 1 aliphatic rings. The van der Waals surface area contributed by atoms with Gasteiger partial charge in [-0.25, -0.2) is 0 Å². The number of benzene rings is 2. The van der Waals surface area contributed by atoms with Crippen molar-refractivity contribution in [3.8, 4) is 5.75 Å². The van der Waals surface area contributed by atoms with Crippen LogP contribution in [0.15, 0.2) is 48.5 Å². The number of ether oxygens (including phenoxy) is 1. The van der Waals surface area contributed by atoms with Crippen LogP contribution >= 0.6 is 0 Å². The molecule has 25 heavy (non-hydrogen) atoms. The molecule has 0 aromatic heterocycles. The smallest absolute Gasteiger partial charge is 0.270 e. The van der Waals surface area contributed by atoms with Crippen LogP contribution in [0.1, 0.15) is 31.9 Å². The molecule has 0 radical (unpaired) electrons. The molecule has 5 nitrogen and oxygen atoms in total. The maximum absolute atomic E-state index is 11.1. The molecule has 0 unspecified atom stereocenters. The summed E-state index contributed by atoms with van der Waals surface area (Å²) < 4.78 is 5.22. The van der Waals surface area contributed by atoms with Crippen LogP contribution < -0.4 is 9.64 Å². The predicted octanol–water partition coefficient (Wildman–Crippen LogP) is 4.81. The van der Waals surface area contributed by atoms with Gasteiger partial charge in [0.25, 0.3) is 5.69 Å². The molecule has 1 heterocycles. The summed E-state index contributed by atoms with van der Waals surface area (Å²) in [7, 11) is 1.65. The van der Waals surface area contributed by atoms with Gasteiger partial charge in [-0.1, -0.05) is 18.2 Å². The fraction of sp³-hybridized carbons (Fsp3) is 0.300. The van der Waals surface area contributed by atoms with Gasteiger partial charge in [0, 0.05) is 29.9 Å². The Balaban J connectivity index is 2.02. The lowest BCUT2D eigenvalue weighted by molar-refractivity contribution is -0.384. The van der Waals surface area contributed by atoms with Crippen molar-refractivity contribution in [3.63, 3.8) is 0 Å². The van der Waals surface area contributed by atoms with Crippen molar-refractivity contribution in [1.82, 2.24) is 0 Å². The second kappa shape index (κ2) is 6.24. The molecule has 0 fully saturated rings. The number of hydrogen-bond donors (Lipinski definition) is 0. The first-order valence-corrected chi connectivity index (χ1v) is 8.20. The minimum Gasteiger partial charge on any atom is -0.497 e. The second-order valence-electron chi connectivity index (χ2n) is 6.87. The molecule has 0 N–H and O–H groups in total. The number of methoxy groups -OCH3 is 1. The van der Waals surface area contributed by atoms with E-state index in [1.54, 1.807) is 19.2 Å². The van der Waals surface area contributed by atoms with Crippen LogP contribution in [-0.2, 0) is 6.54 Å². The van der Waals surface area contributed by atoms with Crippen molar-refractivity contribution >= 4 is 16.9 Å². The number of nitro benzene ring substituents is 1. The molecule has 0 saturated carbocycles. The zero-order chi connectivity index (χ0) is 18.2. The van der Waals surface area contributed by atoms with Gasteiger partial charge in [0.1, 0.15) is 5.75 Å². The first-order chi connectivity index (χ1) is 11.8. The zero-order valence-corrected chi connectivity index (χ0v) is 14.9. The fourth-order valence-electron chi connectivity index (χ4n) is 3.39. The van der Waals surface area contributed by atoms with Gasteiger partial charge in [-0.05, 0) is 50.1 Å². The summed E-state index contributed by atoms with van der Waals surface area (Å²) in [5.74, 6) is 0.827. The molecule has 0 bridgehead atoms. The van der Waals surface area contributed by atoms with Crippen LogP contribution in [0.4, 0.5) is 11.4 Å². The number of non-ortho nitro benzene ring substituents is 1. The molecule has 2 aromatic carbocycles. The maximum Gasteiger partial charge on any atom is 0.270 e. The Bertz CT molecular complexity index is 839. The number of rotatable bonds is 4. The number of nitrogens with zero attached hydrogens (tertiary/aromatic N) is 2. The Labute approximate surface area is 147 Å². The third-order valence-corrected chi connectivity index (χ3v) is 4.67. The van der Waals surface area contributed by atoms with E-state index in [4.69, 9.17) is 4.74 Å². The van der Waals surface area contributed by atoms with E-state index in [2.05, 4.69) is 24.8 Å². The summed E-state index contributed by atoms with van der Waals surface area (Å²) in [6.45, 7) is 7.04. The predicted molar refractivity (Wildman–Crippen MR) is 100 cm³/mol. The number of nitro groups is 1. The van der Waals surface area contributed by atoms with Crippen LogP contribution in [0.2, 0.25) is 0 Å². The first kappa shape index (κ1) is 17.0. The second-order valence-corrected chi connectivity index (χ2v) is 6.87. The van der Waals surface area contributed by atoms with Crippen molar-refractivity contribution in [1.29, 1.82) is 0 Å². The molecule has 0 atom stereocenters. The zero-order valence-electron chi connectivity index (χ0n) is 14.9. The van der Waals surface area contributed by atoms with Gasteiger partial charge < -0.3 is 9.64 Å². The third kappa shape index (κ3) is 3.22. The molecule has 1 aliphatic heterocycles. The van der Waals surface area contributed by atoms with Gasteiger partial charge in [-0.15, -0.1) is 0 Å². The van der Waals surface area contributed by atoms with Gasteiger partial charge in [-0.3, -0.25) is 10.1 Å². The highest BCUT2D eigenvalue weighted by atomic mass is 16.6. The SMILES string of the molecule is COc1ccc(CN2c3ccc([N+](=O)[O-])cc3C(C)=CC2(C)C)cc1. The Hall–Kier alpha value is -2.82. The summed E-state index contributed by atoms with van der Waals surface area (Å²) in [4.78, 5) is 13.0. The van der Waals surface area contributed by atoms with Crippen LogP contribution in [0.5, 0.6) is 5.75 Å². The maximum atomic E-state index is 11.1. The van der Waals surface area contributed by atoms with Gasteiger partial charge >= 0.3 is 0 Å². The molecule has 3 rings (SSSR count). The summed E-state index contributed by atoms with van der Waals surface area (Å²) in [5, 5.41) is 11.1. The quantitative estimate of drug-likeness (QED) is 0.593. The summed E-state index contributed by atoms with van der Waals surface area (Å²) >= 11 is 0. The van der Waals surface area contributed by atoms with E-state index in [1.807, 2.05) is 37.3 Å². The highest BCUT2D eigenvalue weighted by molar-refractivity contribution is 5.82. The van der Waals surface area contributed by atoms with Crippen LogP contribution in [-0.4, -0.2) is 17.6 Å². The average molecular weight is 338 g/mol. The minimum absolute atomic E-state index is 0.121. The summed E-state index contributed by atoms with van der Waals surface area (Å²) in [6, 6.07) is 13.1. The van der Waals surface area contributed by atoms with Gasteiger partial charge in [0.15, 0.2) is 0 Å². The monoisotopic (exact) mass is 338 g/mol. The molecule has 0 aliphatic carbocycles. The fourth-order valence-corrected chi connectivity index (χ4v) is 3.39. The van der Waals surface area contributed by atoms with E-state index < -0.39 is 0 Å². The van der Waals surface area contributed by atoms with Gasteiger partial charge in [-0.2, -0.15) is 0 Å². The molecule has 130 valence electrons. The van der Waals surface area contributed by atoms with E-state index in [1.165, 1.54) is 0 Å². The molecular formula is C20H22N2O3. The Kier molecular flexibility index (Phi) is 4.25. The molecule has 5 heteroatoms. The number of fused-ring (bicyclic) bond motifs is 1. The Morgan fingerprint density at radius 2 is 1.84 bits per heavy atom. The molecule has 0 spiro atoms. The van der Waals surface area contributed by atoms with E-state index >= 15 is 0 Å². The average Bonchev–Trinajstić information content (AvgIpc) is 2.58. The van der Waals surface area contributed by atoms with Gasteiger partial charge in [0.2, 0.25) is 0 Å². The summed E-state index contributed by atoms with van der Waals surface area (Å²) in [5.41, 5.74) is 4.09. The molecule has 0 amide bonds. The lowest BCUT2D eigenvalue weighted by Crippen LogP contribution is -2.44. The minimum atomic E-state index is -0.346. The number of hydrogen-bond acceptors (Lipinski definition) is 4. The Morgan fingerprint density at radius 1 is 1.16 bits per heavy atom. The van der Waals surface area contributed by atoms with Crippen molar-refractivity contribution in [2.45, 2.75) is 32.9 Å². The number of allylic oxidation sites excluding steroid dienone is 1. The van der Waals surface area contributed by atoms with Crippen molar-refractivity contribution in [2.24, 2.45) is 0 Å². The largest absolute Gasteiger partial charge is 0.497 e. The normalized spacial score (nSPS) is 15.4. The first-order valence-electron chi connectivity index (χ1n) is 8.20. The lowest BCUT2D eigenvalue weighted by Gasteiger charge is -2.43. The van der Waals surface area contributed by atoms with Crippen LogP contribution in [0, 0.1) is 10.1 Å². The molecular weight excluding hydrogens is 316 g/mol. The lowest BCUT2D eigenvalue weighted by atomic mass is 9.88. The van der Waals surface area contributed by atoms with Gasteiger partial charge in [0.05, 0.1) is 17.6 Å². The highest BCUT2D eigenvalue weighted by Crippen LogP contribution is 2.41. The summed E-state index contributed by atoms with van der Waals surface area (Å²) in [6.07, 6.45) is 2.17. The van der Waals surface area contributed by atoms with Crippen LogP contribution in [0.25, 0.3) is 5.57 Å². The van der Waals surface area contributed by atoms with Crippen molar-refractivity contribution < 1.29 is 9.66 Å². The van der Waals surface area contributed by atoms with E-state index in [0.29, 0.717) is 6.54 Å². The number of anilines is 1. The van der Waals surface area contributed by atoms with E-state index in [0.717, 1.165) is 28.1 Å². The van der Waals surface area contributed by atoms with Crippen molar-refractivity contribution in [2.75, 3.05) is 12.0 Å². The Morgan fingerprint density at radius 3 is 2.44 bits per heavy atom. The standard InChI is InChI=1S/C20H22N2O3/c1-14-12-20(2,3)21(13-15-5-8-17(25-4)9-6-15)19-10-7-16(22(23)24)11-18(14)19/h5-12H,13H2,1-4H3. The molecule has 0 saturated heterocycles. The topological polar surface area (TPSA) is 55.6 Å². The van der Waals surface area contributed by atoms with E-state index in [9.17, 15) is 10.1 Å². The third-order valence-electron chi connectivity index (χ3n) is 4.67. The molecule has 2 aromatic rings. The highest BCUT2D eigenvalue weighted by Gasteiger charge is 2.32. The van der Waals surface area contributed by atoms with Crippen LogP contribution in [0.3, 0.4) is 0 Å².